The van der Waals surface area contributed by atoms with E-state index >= 15 is 0 Å². The third-order valence-corrected chi connectivity index (χ3v) is 13.3. The van der Waals surface area contributed by atoms with E-state index in [4.69, 9.17) is 10.5 Å². The Kier molecular flexibility index (Phi) is 42.7. The van der Waals surface area contributed by atoms with Gasteiger partial charge in [0, 0.05) is 70.4 Å². The molecule has 6 aromatic carbocycles. The van der Waals surface area contributed by atoms with Crippen molar-refractivity contribution in [2.45, 2.75) is 241 Å². The number of aryl methyl sites for hydroxylation is 12. The van der Waals surface area contributed by atoms with Crippen LogP contribution in [0, 0.1) is 114 Å². The minimum absolute atomic E-state index is 0.506. The van der Waals surface area contributed by atoms with Crippen LogP contribution in [0.4, 0.5) is 34.1 Å². The molecule has 0 spiro atoms. The SMILES string of the molecule is Cc1cc(C)cc(NC(C)C)c1.Cc1cc(C)cc(NC(C)C)c1.Cc1cc(C)cc(NC(C)C)c1.Cc1cc(C)cc(NC(C)C)c1.Cc1cc(C)cc(NC(C)C)c1.Cc1cc(C)cc(NC(C)C)c1.N#CCCC/C([C]#[Mo])=C(\[C]#[Mo])CCCC#N. The van der Waals surface area contributed by atoms with Crippen molar-refractivity contribution >= 4 is 34.1 Å². The van der Waals surface area contributed by atoms with Gasteiger partial charge < -0.3 is 31.9 Å². The second-order valence-corrected chi connectivity index (χ2v) is 26.2. The number of hydrogen-bond acceptors (Lipinski definition) is 8. The Morgan fingerprint density at radius 2 is 0.420 bits per heavy atom. The molecule has 0 aromatic heterocycles. The van der Waals surface area contributed by atoms with Crippen LogP contribution < -0.4 is 31.9 Å². The summed E-state index contributed by atoms with van der Waals surface area (Å²) in [5.41, 5.74) is 25.5. The van der Waals surface area contributed by atoms with Gasteiger partial charge in [0.25, 0.3) is 0 Å². The Morgan fingerprint density at radius 1 is 0.284 bits per heavy atom. The zero-order valence-electron chi connectivity index (χ0n) is 58.8. The van der Waals surface area contributed by atoms with Gasteiger partial charge in [-0.1, -0.05) is 36.4 Å². The standard InChI is InChI=1S/C12H12N2.6C11H17N.2Mo/c1-11(7-3-5-9-13)12(2)8-4-6-10-14;6*1-8(2)12-11-6-9(3)5-10(4)7-11;;/h3-8H2;6*5-8,12H,1-4H3;;/b12-11+;;;;;;;;. The topological polar surface area (TPSA) is 120 Å². The van der Waals surface area contributed by atoms with Gasteiger partial charge in [-0.15, -0.1) is 0 Å². The third-order valence-electron chi connectivity index (χ3n) is 12.1. The average molecular weight is 1360 g/mol. The monoisotopic (exact) mass is 1360 g/mol. The molecule has 10 heteroatoms. The van der Waals surface area contributed by atoms with Gasteiger partial charge in [-0.25, -0.2) is 0 Å². The van der Waals surface area contributed by atoms with Crippen molar-refractivity contribution < 1.29 is 38.3 Å². The molecule has 6 N–H and O–H groups in total. The first-order chi connectivity index (χ1) is 41.2. The van der Waals surface area contributed by atoms with Gasteiger partial charge in [-0.3, -0.25) is 0 Å². The first-order valence-electron chi connectivity index (χ1n) is 31.6. The summed E-state index contributed by atoms with van der Waals surface area (Å²) in [4.78, 5) is 0. The van der Waals surface area contributed by atoms with Crippen molar-refractivity contribution in [3.8, 4) is 20.5 Å². The van der Waals surface area contributed by atoms with Gasteiger partial charge in [0.05, 0.1) is 0 Å². The van der Waals surface area contributed by atoms with Crippen molar-refractivity contribution in [3.05, 3.63) is 187 Å². The van der Waals surface area contributed by atoms with Crippen molar-refractivity contribution in [1.29, 1.82) is 10.5 Å². The molecule has 0 atom stereocenters. The molecule has 8 nitrogen and oxygen atoms in total. The Balaban J connectivity index is 0.00000101. The summed E-state index contributed by atoms with van der Waals surface area (Å²) in [7, 11) is 0. The van der Waals surface area contributed by atoms with Crippen LogP contribution in [0.3, 0.4) is 0 Å². The summed E-state index contributed by atoms with van der Waals surface area (Å²) in [6.07, 6.45) is 4.69. The quantitative estimate of drug-likeness (QED) is 0.0372. The predicted molar refractivity (Wildman–Crippen MR) is 382 cm³/mol. The van der Waals surface area contributed by atoms with E-state index in [1.54, 1.807) is 0 Å². The fourth-order valence-corrected chi connectivity index (χ4v) is 10.7. The summed E-state index contributed by atoms with van der Waals surface area (Å²) in [5, 5.41) is 37.3. The molecule has 0 aliphatic carbocycles. The fourth-order valence-electron chi connectivity index (χ4n) is 9.56. The number of allylic oxidation sites excluding steroid dienone is 2. The van der Waals surface area contributed by atoms with E-state index in [0.29, 0.717) is 49.1 Å². The van der Waals surface area contributed by atoms with Crippen LogP contribution in [0.15, 0.2) is 120 Å². The van der Waals surface area contributed by atoms with Crippen molar-refractivity contribution in [2.24, 2.45) is 0 Å². The summed E-state index contributed by atoms with van der Waals surface area (Å²) >= 11 is 3.64. The zero-order valence-corrected chi connectivity index (χ0v) is 62.8. The minimum atomic E-state index is 0.506. The molecule has 6 aromatic rings. The average Bonchev–Trinajstić information content (AvgIpc) is 3.46. The van der Waals surface area contributed by atoms with Crippen LogP contribution in [0.1, 0.15) is 188 Å². The normalized spacial score (nSPS) is 10.4. The number of anilines is 6. The number of benzene rings is 6. The molecule has 88 heavy (non-hydrogen) atoms. The number of rotatable bonds is 18. The van der Waals surface area contributed by atoms with Crippen LogP contribution >= 0.6 is 0 Å². The molecule has 0 heterocycles. The van der Waals surface area contributed by atoms with Gasteiger partial charge in [0.15, 0.2) is 0 Å². The molecule has 0 radical (unpaired) electrons. The summed E-state index contributed by atoms with van der Waals surface area (Å²) in [6, 6.07) is 46.5. The summed E-state index contributed by atoms with van der Waals surface area (Å²) in [6.45, 7) is 51.3. The van der Waals surface area contributed by atoms with E-state index in [1.165, 1.54) is 101 Å². The Bertz CT molecular complexity index is 2580. The molecule has 478 valence electrons. The molecule has 0 saturated carbocycles. The maximum atomic E-state index is 8.48. The Labute approximate surface area is 559 Å². The van der Waals surface area contributed by atoms with Gasteiger partial charge in [0.1, 0.15) is 0 Å². The van der Waals surface area contributed by atoms with Gasteiger partial charge >= 0.3 is 119 Å². The predicted octanol–water partition coefficient (Wildman–Crippen LogP) is 21.4. The number of nitrogens with zero attached hydrogens (tertiary/aromatic N) is 2. The number of nitrogens with one attached hydrogen (secondary N) is 6. The van der Waals surface area contributed by atoms with Crippen LogP contribution in [0.25, 0.3) is 0 Å². The first-order valence-corrected chi connectivity index (χ1v) is 33.6. The molecule has 0 unspecified atom stereocenters. The van der Waals surface area contributed by atoms with Crippen LogP contribution in [0.5, 0.6) is 0 Å². The van der Waals surface area contributed by atoms with Crippen molar-refractivity contribution in [3.63, 3.8) is 0 Å². The molecular formula is C78H114Mo2N8. The third kappa shape index (κ3) is 42.6. The second-order valence-electron chi connectivity index (χ2n) is 25.2. The van der Waals surface area contributed by atoms with E-state index in [9.17, 15) is 0 Å². The number of hydrogen-bond donors (Lipinski definition) is 6. The Hall–Kier alpha value is -6.22. The molecule has 0 saturated heterocycles. The van der Waals surface area contributed by atoms with E-state index in [-0.39, 0.29) is 0 Å². The molecule has 0 aliphatic rings. The fraction of sp³-hybridized carbons (Fsp3) is 0.462. The van der Waals surface area contributed by atoms with Crippen molar-refractivity contribution in [1.82, 2.24) is 0 Å². The zero-order chi connectivity index (χ0) is 67.1. The van der Waals surface area contributed by atoms with E-state index < -0.39 is 0 Å². The van der Waals surface area contributed by atoms with Crippen LogP contribution in [-0.4, -0.2) is 36.3 Å². The second kappa shape index (κ2) is 45.9. The molecule has 0 aliphatic heterocycles. The van der Waals surface area contributed by atoms with Gasteiger partial charge in [-0.05, 0) is 306 Å². The van der Waals surface area contributed by atoms with E-state index in [1.807, 2.05) is 38.3 Å². The van der Waals surface area contributed by atoms with E-state index in [2.05, 4.69) is 328 Å². The first kappa shape index (κ1) is 81.8. The van der Waals surface area contributed by atoms with Gasteiger partial charge in [-0.2, -0.15) is 0 Å². The molecular weight excluding hydrogens is 1240 g/mol. The molecule has 6 rings (SSSR count). The summed E-state index contributed by atoms with van der Waals surface area (Å²) < 4.78 is 6.35. The Morgan fingerprint density at radius 3 is 0.523 bits per heavy atom. The molecule has 0 fully saturated rings. The van der Waals surface area contributed by atoms with E-state index in [0.717, 1.165) is 36.8 Å². The summed E-state index contributed by atoms with van der Waals surface area (Å²) in [5.74, 6) is 0. The molecule has 0 amide bonds. The van der Waals surface area contributed by atoms with Crippen LogP contribution in [-0.2, 0) is 38.3 Å². The van der Waals surface area contributed by atoms with Crippen molar-refractivity contribution in [2.75, 3.05) is 31.9 Å². The van der Waals surface area contributed by atoms with Gasteiger partial charge in [0.2, 0.25) is 0 Å². The number of unbranched alkanes of at least 4 members (excludes halogenated alkanes) is 2. The molecule has 0 bridgehead atoms. The van der Waals surface area contributed by atoms with Crippen LogP contribution in [0.2, 0.25) is 0 Å². The number of nitriles is 2. The maximum absolute atomic E-state index is 8.48.